The van der Waals surface area contributed by atoms with Crippen LogP contribution >= 0.6 is 0 Å². The SMILES string of the molecule is Cc1ccc(CN(C)c2cc(CN)ccn2)cc1. The molecular formula is C15H19N3. The van der Waals surface area contributed by atoms with Gasteiger partial charge >= 0.3 is 0 Å². The number of benzene rings is 1. The minimum absolute atomic E-state index is 0.549. The molecule has 0 unspecified atom stereocenters. The van der Waals surface area contributed by atoms with Crippen molar-refractivity contribution in [2.45, 2.75) is 20.0 Å². The van der Waals surface area contributed by atoms with Crippen molar-refractivity contribution in [3.05, 3.63) is 59.3 Å². The molecule has 2 rings (SSSR count). The van der Waals surface area contributed by atoms with E-state index >= 15 is 0 Å². The van der Waals surface area contributed by atoms with Gasteiger partial charge in [-0.15, -0.1) is 0 Å². The van der Waals surface area contributed by atoms with Crippen molar-refractivity contribution >= 4 is 5.82 Å². The molecular weight excluding hydrogens is 222 g/mol. The second-order valence-electron chi connectivity index (χ2n) is 4.57. The van der Waals surface area contributed by atoms with Gasteiger partial charge in [0, 0.05) is 26.3 Å². The molecule has 0 fully saturated rings. The van der Waals surface area contributed by atoms with Crippen LogP contribution in [-0.2, 0) is 13.1 Å². The van der Waals surface area contributed by atoms with Gasteiger partial charge in [0.15, 0.2) is 0 Å². The van der Waals surface area contributed by atoms with Gasteiger partial charge in [0.25, 0.3) is 0 Å². The molecule has 1 aromatic carbocycles. The Morgan fingerprint density at radius 3 is 2.50 bits per heavy atom. The number of hydrogen-bond donors (Lipinski definition) is 1. The van der Waals surface area contributed by atoms with Crippen LogP contribution in [0.25, 0.3) is 0 Å². The molecule has 0 aliphatic heterocycles. The molecule has 18 heavy (non-hydrogen) atoms. The number of aryl methyl sites for hydroxylation is 1. The number of rotatable bonds is 4. The molecule has 0 bridgehead atoms. The number of nitrogens with zero attached hydrogens (tertiary/aromatic N) is 2. The Labute approximate surface area is 108 Å². The van der Waals surface area contributed by atoms with Gasteiger partial charge in [0.1, 0.15) is 5.82 Å². The maximum absolute atomic E-state index is 5.64. The topological polar surface area (TPSA) is 42.1 Å². The summed E-state index contributed by atoms with van der Waals surface area (Å²) in [5, 5.41) is 0. The normalized spacial score (nSPS) is 10.4. The summed E-state index contributed by atoms with van der Waals surface area (Å²) < 4.78 is 0. The fraction of sp³-hybridized carbons (Fsp3) is 0.267. The Hall–Kier alpha value is -1.87. The lowest BCUT2D eigenvalue weighted by molar-refractivity contribution is 0.892. The van der Waals surface area contributed by atoms with Crippen molar-refractivity contribution in [2.75, 3.05) is 11.9 Å². The first-order chi connectivity index (χ1) is 8.69. The third-order valence-electron chi connectivity index (χ3n) is 2.98. The molecule has 0 radical (unpaired) electrons. The number of hydrogen-bond acceptors (Lipinski definition) is 3. The van der Waals surface area contributed by atoms with E-state index in [4.69, 9.17) is 5.73 Å². The molecule has 0 spiro atoms. The third-order valence-corrected chi connectivity index (χ3v) is 2.98. The molecule has 3 nitrogen and oxygen atoms in total. The Bertz CT molecular complexity index is 505. The fourth-order valence-electron chi connectivity index (χ4n) is 1.84. The van der Waals surface area contributed by atoms with E-state index in [1.807, 2.05) is 25.4 Å². The summed E-state index contributed by atoms with van der Waals surface area (Å²) in [5.74, 6) is 0.957. The van der Waals surface area contributed by atoms with Gasteiger partial charge in [-0.2, -0.15) is 0 Å². The summed E-state index contributed by atoms with van der Waals surface area (Å²) in [6.45, 7) is 3.50. The monoisotopic (exact) mass is 241 g/mol. The third kappa shape index (κ3) is 3.08. The van der Waals surface area contributed by atoms with Crippen LogP contribution < -0.4 is 10.6 Å². The first-order valence-corrected chi connectivity index (χ1v) is 6.10. The highest BCUT2D eigenvalue weighted by Gasteiger charge is 2.04. The second-order valence-corrected chi connectivity index (χ2v) is 4.57. The summed E-state index contributed by atoms with van der Waals surface area (Å²) in [5.41, 5.74) is 9.31. The largest absolute Gasteiger partial charge is 0.355 e. The van der Waals surface area contributed by atoms with Gasteiger partial charge in [-0.05, 0) is 30.2 Å². The van der Waals surface area contributed by atoms with Crippen LogP contribution in [0.5, 0.6) is 0 Å². The van der Waals surface area contributed by atoms with Gasteiger partial charge in [-0.3, -0.25) is 0 Å². The van der Waals surface area contributed by atoms with E-state index in [9.17, 15) is 0 Å². The van der Waals surface area contributed by atoms with E-state index in [0.717, 1.165) is 17.9 Å². The molecule has 3 heteroatoms. The summed E-state index contributed by atoms with van der Waals surface area (Å²) >= 11 is 0. The van der Waals surface area contributed by atoms with Gasteiger partial charge in [0.05, 0.1) is 0 Å². The van der Waals surface area contributed by atoms with Crippen LogP contribution in [0.2, 0.25) is 0 Å². The molecule has 2 N–H and O–H groups in total. The number of pyridine rings is 1. The zero-order valence-corrected chi connectivity index (χ0v) is 10.9. The summed E-state index contributed by atoms with van der Waals surface area (Å²) in [6, 6.07) is 12.6. The van der Waals surface area contributed by atoms with Crippen LogP contribution in [-0.4, -0.2) is 12.0 Å². The predicted molar refractivity (Wildman–Crippen MR) is 75.4 cm³/mol. The molecule has 0 saturated heterocycles. The van der Waals surface area contributed by atoms with Gasteiger partial charge in [-0.25, -0.2) is 4.98 Å². The highest BCUT2D eigenvalue weighted by Crippen LogP contribution is 2.14. The predicted octanol–water partition coefficient (Wildman–Crippen LogP) is 2.49. The zero-order chi connectivity index (χ0) is 13.0. The molecule has 1 aromatic heterocycles. The molecule has 94 valence electrons. The molecule has 0 amide bonds. The van der Waals surface area contributed by atoms with Crippen LogP contribution in [0.1, 0.15) is 16.7 Å². The molecule has 0 aliphatic rings. The van der Waals surface area contributed by atoms with Gasteiger partial charge < -0.3 is 10.6 Å². The Balaban J connectivity index is 2.11. The molecule has 0 aliphatic carbocycles. The minimum Gasteiger partial charge on any atom is -0.355 e. The number of nitrogens with two attached hydrogens (primary N) is 1. The van der Waals surface area contributed by atoms with E-state index in [2.05, 4.69) is 41.1 Å². The summed E-state index contributed by atoms with van der Waals surface area (Å²) in [4.78, 5) is 6.50. The highest BCUT2D eigenvalue weighted by molar-refractivity contribution is 5.41. The Kier molecular flexibility index (Phi) is 3.95. The average molecular weight is 241 g/mol. The Morgan fingerprint density at radius 2 is 1.83 bits per heavy atom. The van der Waals surface area contributed by atoms with Crippen molar-refractivity contribution in [1.29, 1.82) is 0 Å². The first-order valence-electron chi connectivity index (χ1n) is 6.10. The van der Waals surface area contributed by atoms with Crippen molar-refractivity contribution in [2.24, 2.45) is 5.73 Å². The molecule has 0 atom stereocenters. The lowest BCUT2D eigenvalue weighted by Crippen LogP contribution is -2.18. The van der Waals surface area contributed by atoms with Crippen molar-refractivity contribution in [1.82, 2.24) is 4.98 Å². The second kappa shape index (κ2) is 5.65. The van der Waals surface area contributed by atoms with Crippen LogP contribution in [0.3, 0.4) is 0 Å². The zero-order valence-electron chi connectivity index (χ0n) is 10.9. The van der Waals surface area contributed by atoms with Crippen LogP contribution in [0.4, 0.5) is 5.82 Å². The van der Waals surface area contributed by atoms with Crippen LogP contribution in [0.15, 0.2) is 42.6 Å². The maximum atomic E-state index is 5.64. The quantitative estimate of drug-likeness (QED) is 0.894. The Morgan fingerprint density at radius 1 is 1.11 bits per heavy atom. The summed E-state index contributed by atoms with van der Waals surface area (Å²) in [6.07, 6.45) is 1.81. The van der Waals surface area contributed by atoms with Crippen molar-refractivity contribution < 1.29 is 0 Å². The highest BCUT2D eigenvalue weighted by atomic mass is 15.2. The van der Waals surface area contributed by atoms with E-state index in [0.29, 0.717) is 6.54 Å². The van der Waals surface area contributed by atoms with Crippen molar-refractivity contribution in [3.63, 3.8) is 0 Å². The molecule has 0 saturated carbocycles. The smallest absolute Gasteiger partial charge is 0.128 e. The number of anilines is 1. The van der Waals surface area contributed by atoms with E-state index in [-0.39, 0.29) is 0 Å². The first kappa shape index (κ1) is 12.6. The summed E-state index contributed by atoms with van der Waals surface area (Å²) in [7, 11) is 2.04. The molecule has 1 heterocycles. The van der Waals surface area contributed by atoms with E-state index in [1.165, 1.54) is 11.1 Å². The van der Waals surface area contributed by atoms with Gasteiger partial charge in [0.2, 0.25) is 0 Å². The van der Waals surface area contributed by atoms with E-state index in [1.54, 1.807) is 0 Å². The molecule has 2 aromatic rings. The fourth-order valence-corrected chi connectivity index (χ4v) is 1.84. The number of aromatic nitrogens is 1. The van der Waals surface area contributed by atoms with Crippen molar-refractivity contribution in [3.8, 4) is 0 Å². The minimum atomic E-state index is 0.549. The lowest BCUT2D eigenvalue weighted by atomic mass is 10.1. The van der Waals surface area contributed by atoms with E-state index < -0.39 is 0 Å². The average Bonchev–Trinajstić information content (AvgIpc) is 2.41. The van der Waals surface area contributed by atoms with Gasteiger partial charge in [-0.1, -0.05) is 29.8 Å². The van der Waals surface area contributed by atoms with Crippen LogP contribution in [0, 0.1) is 6.92 Å². The standard InChI is InChI=1S/C15H19N3/c1-12-3-5-13(6-4-12)11-18(2)15-9-14(10-16)7-8-17-15/h3-9H,10-11,16H2,1-2H3. The maximum Gasteiger partial charge on any atom is 0.128 e. The lowest BCUT2D eigenvalue weighted by Gasteiger charge is -2.18.